The van der Waals surface area contributed by atoms with Gasteiger partial charge in [0.15, 0.2) is 0 Å². The minimum absolute atomic E-state index is 0.534. The fourth-order valence-electron chi connectivity index (χ4n) is 2.70. The standard InChI is InChI=1S/C13H20BrNO/c1-2-15-12-7-5-3-4-6-10(12)13-11(14)8-9-16-13/h8-10,12,15H,2-7H2,1H3. The molecule has 0 spiro atoms. The van der Waals surface area contributed by atoms with E-state index in [0.29, 0.717) is 12.0 Å². The van der Waals surface area contributed by atoms with Crippen molar-refractivity contribution in [2.45, 2.75) is 51.0 Å². The molecule has 3 heteroatoms. The second-order valence-corrected chi connectivity index (χ2v) is 5.40. The Morgan fingerprint density at radius 3 is 2.88 bits per heavy atom. The van der Waals surface area contributed by atoms with E-state index in [1.165, 1.54) is 32.1 Å². The van der Waals surface area contributed by atoms with Crippen LogP contribution in [-0.4, -0.2) is 12.6 Å². The molecule has 2 nitrogen and oxygen atoms in total. The molecule has 0 aromatic carbocycles. The summed E-state index contributed by atoms with van der Waals surface area (Å²) in [4.78, 5) is 0. The number of hydrogen-bond acceptors (Lipinski definition) is 2. The Kier molecular flexibility index (Phi) is 4.47. The molecule has 1 saturated carbocycles. The second kappa shape index (κ2) is 5.87. The van der Waals surface area contributed by atoms with Crippen LogP contribution in [0.4, 0.5) is 0 Å². The average Bonchev–Trinajstić information content (AvgIpc) is 2.56. The molecule has 0 radical (unpaired) electrons. The highest BCUT2D eigenvalue weighted by Crippen LogP contribution is 2.36. The van der Waals surface area contributed by atoms with Crippen molar-refractivity contribution in [3.8, 4) is 0 Å². The maximum atomic E-state index is 5.65. The fourth-order valence-corrected chi connectivity index (χ4v) is 3.19. The van der Waals surface area contributed by atoms with E-state index < -0.39 is 0 Å². The number of hydrogen-bond donors (Lipinski definition) is 1. The monoisotopic (exact) mass is 285 g/mol. The minimum atomic E-state index is 0.534. The lowest BCUT2D eigenvalue weighted by atomic mass is 9.92. The lowest BCUT2D eigenvalue weighted by Crippen LogP contribution is -2.34. The Morgan fingerprint density at radius 2 is 2.19 bits per heavy atom. The SMILES string of the molecule is CCNC1CCCCCC1c1occc1Br. The van der Waals surface area contributed by atoms with Gasteiger partial charge in [0, 0.05) is 12.0 Å². The van der Waals surface area contributed by atoms with Crippen molar-refractivity contribution in [2.75, 3.05) is 6.54 Å². The van der Waals surface area contributed by atoms with Crippen LogP contribution in [0, 0.1) is 0 Å². The number of halogens is 1. The third-order valence-electron chi connectivity index (χ3n) is 3.46. The molecule has 1 heterocycles. The van der Waals surface area contributed by atoms with Gasteiger partial charge in [0.25, 0.3) is 0 Å². The van der Waals surface area contributed by atoms with Crippen LogP contribution in [-0.2, 0) is 0 Å². The Labute approximate surface area is 106 Å². The Bertz CT molecular complexity index is 323. The predicted molar refractivity (Wildman–Crippen MR) is 69.7 cm³/mol. The lowest BCUT2D eigenvalue weighted by molar-refractivity contribution is 0.358. The van der Waals surface area contributed by atoms with E-state index in [4.69, 9.17) is 4.42 Å². The van der Waals surface area contributed by atoms with Crippen molar-refractivity contribution in [1.82, 2.24) is 5.32 Å². The van der Waals surface area contributed by atoms with Gasteiger partial charge in [0.2, 0.25) is 0 Å². The summed E-state index contributed by atoms with van der Waals surface area (Å²) in [5, 5.41) is 3.61. The van der Waals surface area contributed by atoms with E-state index in [1.54, 1.807) is 6.26 Å². The van der Waals surface area contributed by atoms with Crippen LogP contribution in [0.25, 0.3) is 0 Å². The maximum Gasteiger partial charge on any atom is 0.122 e. The van der Waals surface area contributed by atoms with Gasteiger partial charge in [0.1, 0.15) is 5.76 Å². The summed E-state index contributed by atoms with van der Waals surface area (Å²) in [6, 6.07) is 2.58. The first-order valence-electron chi connectivity index (χ1n) is 6.29. The smallest absolute Gasteiger partial charge is 0.122 e. The fraction of sp³-hybridized carbons (Fsp3) is 0.692. The van der Waals surface area contributed by atoms with E-state index in [2.05, 4.69) is 28.2 Å². The third kappa shape index (κ3) is 2.69. The van der Waals surface area contributed by atoms with Crippen LogP contribution in [0.1, 0.15) is 50.7 Å². The largest absolute Gasteiger partial charge is 0.468 e. The summed E-state index contributed by atoms with van der Waals surface area (Å²) in [6.45, 7) is 3.22. The van der Waals surface area contributed by atoms with Crippen LogP contribution in [0.3, 0.4) is 0 Å². The normalized spacial score (nSPS) is 26.6. The van der Waals surface area contributed by atoms with Gasteiger partial charge in [-0.2, -0.15) is 0 Å². The highest BCUT2D eigenvalue weighted by atomic mass is 79.9. The molecule has 0 aliphatic heterocycles. The summed E-state index contributed by atoms with van der Waals surface area (Å²) < 4.78 is 6.78. The van der Waals surface area contributed by atoms with E-state index >= 15 is 0 Å². The average molecular weight is 286 g/mol. The molecule has 2 unspecified atom stereocenters. The molecule has 1 aliphatic carbocycles. The van der Waals surface area contributed by atoms with Crippen molar-refractivity contribution in [3.63, 3.8) is 0 Å². The molecule has 0 saturated heterocycles. The summed E-state index contributed by atoms with van der Waals surface area (Å²) in [7, 11) is 0. The molecular formula is C13H20BrNO. The van der Waals surface area contributed by atoms with Crippen LogP contribution in [0.2, 0.25) is 0 Å². The highest BCUT2D eigenvalue weighted by molar-refractivity contribution is 9.10. The van der Waals surface area contributed by atoms with Crippen LogP contribution in [0.5, 0.6) is 0 Å². The molecular weight excluding hydrogens is 266 g/mol. The van der Waals surface area contributed by atoms with Gasteiger partial charge in [-0.05, 0) is 41.4 Å². The summed E-state index contributed by atoms with van der Waals surface area (Å²) in [6.07, 6.45) is 8.31. The topological polar surface area (TPSA) is 25.2 Å². The van der Waals surface area contributed by atoms with Gasteiger partial charge in [0.05, 0.1) is 10.7 Å². The van der Waals surface area contributed by atoms with E-state index in [9.17, 15) is 0 Å². The third-order valence-corrected chi connectivity index (χ3v) is 4.12. The molecule has 1 N–H and O–H groups in total. The van der Waals surface area contributed by atoms with Crippen LogP contribution < -0.4 is 5.32 Å². The summed E-state index contributed by atoms with van der Waals surface area (Å²) in [5.74, 6) is 1.67. The molecule has 2 rings (SSSR count). The molecule has 1 aromatic rings. The summed E-state index contributed by atoms with van der Waals surface area (Å²) >= 11 is 3.58. The Hall–Kier alpha value is -0.280. The van der Waals surface area contributed by atoms with E-state index in [1.807, 2.05) is 6.07 Å². The molecule has 16 heavy (non-hydrogen) atoms. The first kappa shape index (κ1) is 12.2. The molecule has 90 valence electrons. The van der Waals surface area contributed by atoms with Gasteiger partial charge in [-0.15, -0.1) is 0 Å². The van der Waals surface area contributed by atoms with Gasteiger partial charge in [-0.25, -0.2) is 0 Å². The number of nitrogens with one attached hydrogen (secondary N) is 1. The predicted octanol–water partition coefficient (Wildman–Crippen LogP) is 4.07. The first-order chi connectivity index (χ1) is 7.83. The van der Waals surface area contributed by atoms with Gasteiger partial charge in [-0.3, -0.25) is 0 Å². The molecule has 1 fully saturated rings. The summed E-state index contributed by atoms with van der Waals surface area (Å²) in [5.41, 5.74) is 0. The first-order valence-corrected chi connectivity index (χ1v) is 7.08. The molecule has 1 aliphatic rings. The number of likely N-dealkylation sites (N-methyl/N-ethyl adjacent to an activating group) is 1. The number of rotatable bonds is 3. The van der Waals surface area contributed by atoms with Gasteiger partial charge < -0.3 is 9.73 Å². The lowest BCUT2D eigenvalue weighted by Gasteiger charge is -2.24. The second-order valence-electron chi connectivity index (χ2n) is 4.54. The molecule has 1 aromatic heterocycles. The van der Waals surface area contributed by atoms with Crippen molar-refractivity contribution in [2.24, 2.45) is 0 Å². The van der Waals surface area contributed by atoms with Gasteiger partial charge >= 0.3 is 0 Å². The zero-order valence-corrected chi connectivity index (χ0v) is 11.4. The highest BCUT2D eigenvalue weighted by Gasteiger charge is 2.28. The number of furan rings is 1. The van der Waals surface area contributed by atoms with Crippen molar-refractivity contribution < 1.29 is 4.42 Å². The van der Waals surface area contributed by atoms with Gasteiger partial charge in [-0.1, -0.05) is 26.2 Å². The van der Waals surface area contributed by atoms with Crippen molar-refractivity contribution in [3.05, 3.63) is 22.6 Å². The minimum Gasteiger partial charge on any atom is -0.468 e. The van der Waals surface area contributed by atoms with Crippen molar-refractivity contribution >= 4 is 15.9 Å². The molecule has 0 amide bonds. The van der Waals surface area contributed by atoms with Crippen LogP contribution >= 0.6 is 15.9 Å². The molecule has 2 atom stereocenters. The Balaban J connectivity index is 2.17. The zero-order valence-electron chi connectivity index (χ0n) is 9.84. The van der Waals surface area contributed by atoms with Crippen LogP contribution in [0.15, 0.2) is 21.2 Å². The quantitative estimate of drug-likeness (QED) is 0.847. The van der Waals surface area contributed by atoms with E-state index in [0.717, 1.165) is 16.8 Å². The molecule has 0 bridgehead atoms. The maximum absolute atomic E-state index is 5.65. The Morgan fingerprint density at radius 1 is 1.38 bits per heavy atom. The zero-order chi connectivity index (χ0) is 11.4. The van der Waals surface area contributed by atoms with E-state index in [-0.39, 0.29) is 0 Å². The van der Waals surface area contributed by atoms with Crippen molar-refractivity contribution in [1.29, 1.82) is 0 Å².